The molecular formula is C28H26N2O2. The number of imidazole rings is 1. The van der Waals surface area contributed by atoms with Crippen LogP contribution in [0.2, 0.25) is 0 Å². The van der Waals surface area contributed by atoms with Crippen molar-refractivity contribution in [2.75, 3.05) is 14.2 Å². The van der Waals surface area contributed by atoms with Crippen LogP contribution in [0, 0.1) is 0 Å². The van der Waals surface area contributed by atoms with Crippen LogP contribution >= 0.6 is 0 Å². The molecule has 0 aliphatic carbocycles. The van der Waals surface area contributed by atoms with Gasteiger partial charge in [-0.3, -0.25) is 0 Å². The molecule has 4 heteroatoms. The van der Waals surface area contributed by atoms with E-state index in [-0.39, 0.29) is 0 Å². The van der Waals surface area contributed by atoms with Crippen LogP contribution in [0.25, 0.3) is 21.8 Å². The number of methoxy groups -OCH3 is 2. The first-order valence-electron chi connectivity index (χ1n) is 10.9. The highest BCUT2D eigenvalue weighted by molar-refractivity contribution is 5.86. The maximum atomic E-state index is 5.48. The number of aryl methyl sites for hydroxylation is 2. The molecule has 5 rings (SSSR count). The third-order valence-electron chi connectivity index (χ3n) is 6.03. The fourth-order valence-electron chi connectivity index (χ4n) is 4.40. The lowest BCUT2D eigenvalue weighted by Gasteiger charge is -2.13. The molecule has 5 aromatic rings. The second-order valence-electron chi connectivity index (χ2n) is 7.92. The summed E-state index contributed by atoms with van der Waals surface area (Å²) < 4.78 is 13.2. The van der Waals surface area contributed by atoms with Gasteiger partial charge in [-0.15, -0.1) is 0 Å². The maximum Gasteiger partial charge on any atom is 0.160 e. The summed E-state index contributed by atoms with van der Waals surface area (Å²) in [6.07, 6.45) is 1.67. The molecule has 0 fully saturated rings. The second kappa shape index (κ2) is 8.75. The lowest BCUT2D eigenvalue weighted by molar-refractivity contribution is 0.354. The number of rotatable bonds is 7. The predicted molar refractivity (Wildman–Crippen MR) is 130 cm³/mol. The molecular weight excluding hydrogens is 396 g/mol. The van der Waals surface area contributed by atoms with Gasteiger partial charge in [-0.1, -0.05) is 60.7 Å². The number of fused-ring (bicyclic) bond motifs is 2. The summed E-state index contributed by atoms with van der Waals surface area (Å²) in [5.74, 6) is 2.60. The van der Waals surface area contributed by atoms with Crippen molar-refractivity contribution in [1.29, 1.82) is 0 Å². The average molecular weight is 423 g/mol. The highest BCUT2D eigenvalue weighted by Crippen LogP contribution is 2.29. The molecule has 0 aliphatic heterocycles. The lowest BCUT2D eigenvalue weighted by atomic mass is 10.0. The monoisotopic (exact) mass is 422 g/mol. The van der Waals surface area contributed by atoms with Gasteiger partial charge >= 0.3 is 0 Å². The fourth-order valence-corrected chi connectivity index (χ4v) is 4.40. The van der Waals surface area contributed by atoms with Gasteiger partial charge in [-0.05, 0) is 52.6 Å². The van der Waals surface area contributed by atoms with Crippen molar-refractivity contribution in [3.63, 3.8) is 0 Å². The number of para-hydroxylation sites is 2. The summed E-state index contributed by atoms with van der Waals surface area (Å²) in [7, 11) is 3.34. The molecule has 0 amide bonds. The van der Waals surface area contributed by atoms with Crippen LogP contribution in [0.5, 0.6) is 11.5 Å². The molecule has 32 heavy (non-hydrogen) atoms. The van der Waals surface area contributed by atoms with Crippen molar-refractivity contribution in [2.24, 2.45) is 0 Å². The normalized spacial score (nSPS) is 11.2. The summed E-state index contributed by atoms with van der Waals surface area (Å²) in [4.78, 5) is 5.01. The molecule has 0 bridgehead atoms. The van der Waals surface area contributed by atoms with Gasteiger partial charge in [0.15, 0.2) is 11.5 Å². The van der Waals surface area contributed by atoms with E-state index in [2.05, 4.69) is 83.4 Å². The van der Waals surface area contributed by atoms with Crippen LogP contribution in [0.15, 0.2) is 84.9 Å². The summed E-state index contributed by atoms with van der Waals surface area (Å²) in [5.41, 5.74) is 4.71. The molecule has 4 aromatic carbocycles. The molecule has 4 nitrogen and oxygen atoms in total. The number of ether oxygens (including phenoxy) is 2. The van der Waals surface area contributed by atoms with Gasteiger partial charge in [0, 0.05) is 13.0 Å². The second-order valence-corrected chi connectivity index (χ2v) is 7.92. The molecule has 0 saturated carbocycles. The lowest BCUT2D eigenvalue weighted by Crippen LogP contribution is -2.07. The van der Waals surface area contributed by atoms with E-state index < -0.39 is 0 Å². The average Bonchev–Trinajstić information content (AvgIpc) is 3.19. The van der Waals surface area contributed by atoms with E-state index in [1.54, 1.807) is 14.2 Å². The Labute approximate surface area is 188 Å². The van der Waals surface area contributed by atoms with E-state index >= 15 is 0 Å². The number of hydrogen-bond donors (Lipinski definition) is 0. The van der Waals surface area contributed by atoms with Crippen molar-refractivity contribution in [3.8, 4) is 11.5 Å². The Morgan fingerprint density at radius 3 is 2.44 bits per heavy atom. The van der Waals surface area contributed by atoms with Crippen molar-refractivity contribution < 1.29 is 9.47 Å². The summed E-state index contributed by atoms with van der Waals surface area (Å²) in [6.45, 7) is 0.843. The van der Waals surface area contributed by atoms with Crippen molar-refractivity contribution in [2.45, 2.75) is 19.4 Å². The highest BCUT2D eigenvalue weighted by atomic mass is 16.5. The van der Waals surface area contributed by atoms with Gasteiger partial charge in [-0.2, -0.15) is 0 Å². The third kappa shape index (κ3) is 3.80. The van der Waals surface area contributed by atoms with E-state index in [1.807, 2.05) is 6.07 Å². The van der Waals surface area contributed by atoms with E-state index in [9.17, 15) is 0 Å². The molecule has 0 saturated heterocycles. The summed E-state index contributed by atoms with van der Waals surface area (Å²) >= 11 is 0. The Morgan fingerprint density at radius 1 is 0.781 bits per heavy atom. The molecule has 0 aliphatic rings. The molecule has 160 valence electrons. The number of hydrogen-bond acceptors (Lipinski definition) is 3. The minimum Gasteiger partial charge on any atom is -0.493 e. The zero-order chi connectivity index (χ0) is 21.9. The molecule has 0 atom stereocenters. The van der Waals surface area contributed by atoms with Crippen LogP contribution in [-0.4, -0.2) is 23.8 Å². The summed E-state index contributed by atoms with van der Waals surface area (Å²) in [6, 6.07) is 29.6. The van der Waals surface area contributed by atoms with Gasteiger partial charge in [-0.25, -0.2) is 4.98 Å². The summed E-state index contributed by atoms with van der Waals surface area (Å²) in [5, 5.41) is 2.55. The smallest absolute Gasteiger partial charge is 0.160 e. The largest absolute Gasteiger partial charge is 0.493 e. The zero-order valence-electron chi connectivity index (χ0n) is 18.4. The van der Waals surface area contributed by atoms with Crippen LogP contribution in [0.4, 0.5) is 0 Å². The van der Waals surface area contributed by atoms with E-state index in [0.717, 1.165) is 42.2 Å². The first kappa shape index (κ1) is 20.1. The van der Waals surface area contributed by atoms with Crippen molar-refractivity contribution in [3.05, 3.63) is 102 Å². The van der Waals surface area contributed by atoms with Gasteiger partial charge in [0.25, 0.3) is 0 Å². The van der Waals surface area contributed by atoms with Crippen molar-refractivity contribution >= 4 is 21.8 Å². The van der Waals surface area contributed by atoms with E-state index in [0.29, 0.717) is 0 Å². The Balaban J connectivity index is 1.50. The third-order valence-corrected chi connectivity index (χ3v) is 6.03. The Bertz CT molecular complexity index is 1380. The molecule has 0 unspecified atom stereocenters. The van der Waals surface area contributed by atoms with E-state index in [1.165, 1.54) is 27.4 Å². The van der Waals surface area contributed by atoms with Gasteiger partial charge in [0.05, 0.1) is 25.3 Å². The van der Waals surface area contributed by atoms with Crippen LogP contribution < -0.4 is 9.47 Å². The minimum absolute atomic E-state index is 0.751. The molecule has 0 N–H and O–H groups in total. The Kier molecular flexibility index (Phi) is 5.51. The standard InChI is InChI=1S/C28H26N2O2/c1-31-26-15-14-20(18-27(26)32-2)16-17-30-25-13-6-5-12-24(25)29-28(30)19-22-10-7-9-21-8-3-4-11-23(21)22/h3-15,18H,16-17,19H2,1-2H3. The van der Waals surface area contributed by atoms with Crippen LogP contribution in [0.3, 0.4) is 0 Å². The topological polar surface area (TPSA) is 36.3 Å². The van der Waals surface area contributed by atoms with E-state index in [4.69, 9.17) is 14.5 Å². The van der Waals surface area contributed by atoms with Gasteiger partial charge < -0.3 is 14.0 Å². The van der Waals surface area contributed by atoms with Crippen LogP contribution in [0.1, 0.15) is 17.0 Å². The van der Waals surface area contributed by atoms with Gasteiger partial charge in [0.2, 0.25) is 0 Å². The first-order chi connectivity index (χ1) is 15.8. The Hall–Kier alpha value is -3.79. The Morgan fingerprint density at radius 2 is 1.56 bits per heavy atom. The number of aromatic nitrogens is 2. The quantitative estimate of drug-likeness (QED) is 0.321. The first-order valence-corrected chi connectivity index (χ1v) is 10.9. The molecule has 1 heterocycles. The molecule has 0 radical (unpaired) electrons. The number of nitrogens with zero attached hydrogens (tertiary/aromatic N) is 2. The predicted octanol–water partition coefficient (Wildman–Crippen LogP) is 6.04. The SMILES string of the molecule is COc1ccc(CCn2c(Cc3cccc4ccccc34)nc3ccccc32)cc1OC. The molecule has 1 aromatic heterocycles. The van der Waals surface area contributed by atoms with Crippen LogP contribution in [-0.2, 0) is 19.4 Å². The van der Waals surface area contributed by atoms with Crippen molar-refractivity contribution in [1.82, 2.24) is 9.55 Å². The minimum atomic E-state index is 0.751. The fraction of sp³-hybridized carbons (Fsp3) is 0.179. The molecule has 0 spiro atoms. The zero-order valence-corrected chi connectivity index (χ0v) is 18.4. The number of benzene rings is 4. The maximum absolute atomic E-state index is 5.48. The highest BCUT2D eigenvalue weighted by Gasteiger charge is 2.13. The van der Waals surface area contributed by atoms with Gasteiger partial charge in [0.1, 0.15) is 5.82 Å².